The molecule has 1 heterocycles. The van der Waals surface area contributed by atoms with Gasteiger partial charge in [-0.2, -0.15) is 0 Å². The predicted octanol–water partition coefficient (Wildman–Crippen LogP) is 2.79. The van der Waals surface area contributed by atoms with Crippen molar-refractivity contribution >= 4 is 22.2 Å². The Bertz CT molecular complexity index is 519. The topological polar surface area (TPSA) is 47.8 Å². The third-order valence-corrected chi connectivity index (χ3v) is 2.99. The Morgan fingerprint density at radius 1 is 1.35 bits per heavy atom. The molecule has 0 N–H and O–H groups in total. The molecule has 0 spiro atoms. The number of carbonyl (C=O) groups is 1. The molecular formula is C12H12BrN3O. The lowest BCUT2D eigenvalue weighted by atomic mass is 10.2. The van der Waals surface area contributed by atoms with Crippen molar-refractivity contribution < 1.29 is 4.79 Å². The smallest absolute Gasteiger partial charge is 0.172 e. The van der Waals surface area contributed by atoms with Crippen molar-refractivity contribution in [2.24, 2.45) is 0 Å². The molecule has 0 saturated heterocycles. The van der Waals surface area contributed by atoms with E-state index in [0.717, 1.165) is 35.0 Å². The molecule has 88 valence electrons. The second-order valence-corrected chi connectivity index (χ2v) is 4.59. The molecule has 0 bridgehead atoms. The molecule has 0 radical (unpaired) electrons. The van der Waals surface area contributed by atoms with Crippen LogP contribution in [-0.4, -0.2) is 21.3 Å². The van der Waals surface area contributed by atoms with Gasteiger partial charge in [0.15, 0.2) is 6.29 Å². The highest BCUT2D eigenvalue weighted by molar-refractivity contribution is 9.10. The molecular weight excluding hydrogens is 282 g/mol. The molecule has 1 aromatic carbocycles. The lowest BCUT2D eigenvalue weighted by Crippen LogP contribution is -2.03. The number of aromatic nitrogens is 3. The number of halogens is 1. The number of benzene rings is 1. The summed E-state index contributed by atoms with van der Waals surface area (Å²) < 4.78 is 2.73. The lowest BCUT2D eigenvalue weighted by molar-refractivity contribution is 0.111. The van der Waals surface area contributed by atoms with Crippen molar-refractivity contribution in [3.63, 3.8) is 0 Å². The highest BCUT2D eigenvalue weighted by Gasteiger charge is 2.12. The van der Waals surface area contributed by atoms with Crippen LogP contribution in [0.15, 0.2) is 28.7 Å². The average Bonchev–Trinajstić information content (AvgIpc) is 2.74. The van der Waals surface area contributed by atoms with E-state index in [1.54, 1.807) is 4.68 Å². The largest absolute Gasteiger partial charge is 0.296 e. The zero-order chi connectivity index (χ0) is 12.3. The normalized spacial score (nSPS) is 10.5. The molecule has 0 aliphatic heterocycles. The van der Waals surface area contributed by atoms with Gasteiger partial charge in [0.2, 0.25) is 0 Å². The van der Waals surface area contributed by atoms with Crippen LogP contribution in [-0.2, 0) is 6.42 Å². The maximum atomic E-state index is 10.9. The third kappa shape index (κ3) is 2.44. The second-order valence-electron chi connectivity index (χ2n) is 3.68. The summed E-state index contributed by atoms with van der Waals surface area (Å²) in [6.45, 7) is 2.06. The number of hydrogen-bond donors (Lipinski definition) is 0. The molecule has 5 heteroatoms. The van der Waals surface area contributed by atoms with E-state index < -0.39 is 0 Å². The summed E-state index contributed by atoms with van der Waals surface area (Å²) in [4.78, 5) is 10.9. The summed E-state index contributed by atoms with van der Waals surface area (Å²) in [6, 6.07) is 7.75. The highest BCUT2D eigenvalue weighted by atomic mass is 79.9. The standard InChI is InChI=1S/C12H12BrN3O/c1-2-3-12-11(8-17)14-15-16(12)10-6-4-9(13)5-7-10/h4-8H,2-3H2,1H3. The lowest BCUT2D eigenvalue weighted by Gasteiger charge is -2.05. The van der Waals surface area contributed by atoms with Gasteiger partial charge in [0, 0.05) is 4.47 Å². The average molecular weight is 294 g/mol. The van der Waals surface area contributed by atoms with Crippen LogP contribution in [0, 0.1) is 0 Å². The fourth-order valence-electron chi connectivity index (χ4n) is 1.67. The fraction of sp³-hybridized carbons (Fsp3) is 0.250. The molecule has 4 nitrogen and oxygen atoms in total. The van der Waals surface area contributed by atoms with Crippen LogP contribution in [0.5, 0.6) is 0 Å². The van der Waals surface area contributed by atoms with Gasteiger partial charge in [-0.3, -0.25) is 4.79 Å². The van der Waals surface area contributed by atoms with E-state index in [4.69, 9.17) is 0 Å². The first-order chi connectivity index (χ1) is 8.26. The van der Waals surface area contributed by atoms with Crippen LogP contribution in [0.3, 0.4) is 0 Å². The Kier molecular flexibility index (Phi) is 3.68. The minimum absolute atomic E-state index is 0.426. The van der Waals surface area contributed by atoms with Gasteiger partial charge in [-0.15, -0.1) is 5.10 Å². The Morgan fingerprint density at radius 2 is 2.06 bits per heavy atom. The third-order valence-electron chi connectivity index (χ3n) is 2.46. The van der Waals surface area contributed by atoms with Crippen LogP contribution >= 0.6 is 15.9 Å². The maximum Gasteiger partial charge on any atom is 0.172 e. The predicted molar refractivity (Wildman–Crippen MR) is 68.4 cm³/mol. The van der Waals surface area contributed by atoms with E-state index in [1.165, 1.54) is 0 Å². The Hall–Kier alpha value is -1.49. The Balaban J connectivity index is 2.47. The molecule has 0 aliphatic rings. The summed E-state index contributed by atoms with van der Waals surface area (Å²) in [5, 5.41) is 7.91. The van der Waals surface area contributed by atoms with Gasteiger partial charge in [0.1, 0.15) is 5.69 Å². The summed E-state index contributed by atoms with van der Waals surface area (Å²) in [7, 11) is 0. The van der Waals surface area contributed by atoms with Crippen molar-refractivity contribution in [2.45, 2.75) is 19.8 Å². The molecule has 2 aromatic rings. The highest BCUT2D eigenvalue weighted by Crippen LogP contribution is 2.16. The quantitative estimate of drug-likeness (QED) is 0.815. The van der Waals surface area contributed by atoms with Gasteiger partial charge < -0.3 is 0 Å². The van der Waals surface area contributed by atoms with Gasteiger partial charge in [0.05, 0.1) is 11.4 Å². The zero-order valence-corrected chi connectivity index (χ0v) is 11.0. The van der Waals surface area contributed by atoms with Crippen molar-refractivity contribution in [3.05, 3.63) is 40.1 Å². The monoisotopic (exact) mass is 293 g/mol. The summed E-state index contributed by atoms with van der Waals surface area (Å²) >= 11 is 3.38. The number of aldehydes is 1. The van der Waals surface area contributed by atoms with Crippen LogP contribution in [0.25, 0.3) is 5.69 Å². The second kappa shape index (κ2) is 5.23. The zero-order valence-electron chi connectivity index (χ0n) is 9.43. The van der Waals surface area contributed by atoms with E-state index in [2.05, 4.69) is 33.2 Å². The van der Waals surface area contributed by atoms with Crippen LogP contribution < -0.4 is 0 Å². The molecule has 2 rings (SSSR count). The Labute approximate surface area is 108 Å². The van der Waals surface area contributed by atoms with Gasteiger partial charge in [0.25, 0.3) is 0 Å². The number of rotatable bonds is 4. The van der Waals surface area contributed by atoms with Crippen LogP contribution in [0.1, 0.15) is 29.5 Å². The van der Waals surface area contributed by atoms with Crippen LogP contribution in [0.4, 0.5) is 0 Å². The van der Waals surface area contributed by atoms with E-state index in [-0.39, 0.29) is 0 Å². The van der Waals surface area contributed by atoms with E-state index >= 15 is 0 Å². The summed E-state index contributed by atoms with van der Waals surface area (Å²) in [5.41, 5.74) is 2.21. The first-order valence-corrected chi connectivity index (χ1v) is 6.21. The molecule has 0 aliphatic carbocycles. The van der Waals surface area contributed by atoms with Crippen LogP contribution in [0.2, 0.25) is 0 Å². The first-order valence-electron chi connectivity index (χ1n) is 5.42. The van der Waals surface area contributed by atoms with Gasteiger partial charge in [-0.25, -0.2) is 4.68 Å². The maximum absolute atomic E-state index is 10.9. The number of hydrogen-bond acceptors (Lipinski definition) is 3. The van der Waals surface area contributed by atoms with Crippen molar-refractivity contribution in [2.75, 3.05) is 0 Å². The number of nitrogens with zero attached hydrogens (tertiary/aromatic N) is 3. The fourth-order valence-corrected chi connectivity index (χ4v) is 1.93. The first kappa shape index (κ1) is 12.0. The van der Waals surface area contributed by atoms with Gasteiger partial charge >= 0.3 is 0 Å². The Morgan fingerprint density at radius 3 is 2.65 bits per heavy atom. The van der Waals surface area contributed by atoms with E-state index in [9.17, 15) is 4.79 Å². The van der Waals surface area contributed by atoms with E-state index in [0.29, 0.717) is 5.69 Å². The van der Waals surface area contributed by atoms with Gasteiger partial charge in [-0.1, -0.05) is 34.5 Å². The molecule has 0 saturated carbocycles. The van der Waals surface area contributed by atoms with E-state index in [1.807, 2.05) is 24.3 Å². The summed E-state index contributed by atoms with van der Waals surface area (Å²) in [5.74, 6) is 0. The number of carbonyl (C=O) groups excluding carboxylic acids is 1. The van der Waals surface area contributed by atoms with Crippen molar-refractivity contribution in [3.8, 4) is 5.69 Å². The molecule has 17 heavy (non-hydrogen) atoms. The minimum atomic E-state index is 0.426. The molecule has 0 fully saturated rings. The van der Waals surface area contributed by atoms with Crippen molar-refractivity contribution in [1.82, 2.24) is 15.0 Å². The SMILES string of the molecule is CCCc1c(C=O)nnn1-c1ccc(Br)cc1. The summed E-state index contributed by atoms with van der Waals surface area (Å²) in [6.07, 6.45) is 2.50. The van der Waals surface area contributed by atoms with Crippen molar-refractivity contribution in [1.29, 1.82) is 0 Å². The molecule has 0 amide bonds. The van der Waals surface area contributed by atoms with Gasteiger partial charge in [-0.05, 0) is 30.7 Å². The molecule has 1 aromatic heterocycles. The minimum Gasteiger partial charge on any atom is -0.296 e. The molecule has 0 atom stereocenters. The molecule has 0 unspecified atom stereocenters.